The van der Waals surface area contributed by atoms with E-state index in [-0.39, 0.29) is 5.97 Å². The lowest BCUT2D eigenvalue weighted by Gasteiger charge is -1.96. The zero-order valence-electron chi connectivity index (χ0n) is 5.98. The molecule has 0 aliphatic rings. The minimum atomic E-state index is -0.299. The van der Waals surface area contributed by atoms with Crippen molar-refractivity contribution in [3.05, 3.63) is 24.5 Å². The van der Waals surface area contributed by atoms with Crippen LogP contribution in [-0.2, 0) is 8.98 Å². The Morgan fingerprint density at radius 3 is 2.73 bits per heavy atom. The Morgan fingerprint density at radius 2 is 2.18 bits per heavy atom. The van der Waals surface area contributed by atoms with E-state index in [1.165, 1.54) is 6.92 Å². The molecule has 0 spiro atoms. The minimum absolute atomic E-state index is 0.299. The van der Waals surface area contributed by atoms with Crippen molar-refractivity contribution in [3.8, 4) is 0 Å². The van der Waals surface area contributed by atoms with Crippen LogP contribution in [0.2, 0.25) is 0 Å². The van der Waals surface area contributed by atoms with E-state index in [1.807, 2.05) is 0 Å². The van der Waals surface area contributed by atoms with Crippen molar-refractivity contribution in [2.45, 2.75) is 11.8 Å². The lowest BCUT2D eigenvalue weighted by molar-refractivity contribution is -0.130. The van der Waals surface area contributed by atoms with Crippen LogP contribution in [0.25, 0.3) is 0 Å². The second-order valence-electron chi connectivity index (χ2n) is 1.84. The highest BCUT2D eigenvalue weighted by Crippen LogP contribution is 2.16. The smallest absolute Gasteiger partial charge is 0.315 e. The van der Waals surface area contributed by atoms with Gasteiger partial charge in [0.05, 0.1) is 16.9 Å². The average molecular weight is 169 g/mol. The normalized spacial score (nSPS) is 9.18. The summed E-state index contributed by atoms with van der Waals surface area (Å²) in [5, 5.41) is 0. The highest BCUT2D eigenvalue weighted by atomic mass is 32.2. The molecule has 3 nitrogen and oxygen atoms in total. The van der Waals surface area contributed by atoms with Crippen LogP contribution in [0, 0.1) is 0 Å². The van der Waals surface area contributed by atoms with Gasteiger partial charge in [-0.3, -0.25) is 9.78 Å². The quantitative estimate of drug-likeness (QED) is 0.631. The monoisotopic (exact) mass is 169 g/mol. The maximum Gasteiger partial charge on any atom is 0.315 e. The summed E-state index contributed by atoms with van der Waals surface area (Å²) >= 11 is 1.04. The number of hydrogen-bond acceptors (Lipinski definition) is 4. The van der Waals surface area contributed by atoms with E-state index in [0.29, 0.717) is 0 Å². The van der Waals surface area contributed by atoms with Gasteiger partial charge in [-0.15, -0.1) is 0 Å². The maximum absolute atomic E-state index is 10.4. The Kier molecular flexibility index (Phi) is 2.92. The van der Waals surface area contributed by atoms with Crippen molar-refractivity contribution in [1.82, 2.24) is 4.98 Å². The number of hydrogen-bond donors (Lipinski definition) is 0. The molecule has 11 heavy (non-hydrogen) atoms. The summed E-state index contributed by atoms with van der Waals surface area (Å²) in [6, 6.07) is 3.54. The predicted octanol–water partition coefficient (Wildman–Crippen LogP) is 1.65. The summed E-state index contributed by atoms with van der Waals surface area (Å²) in [7, 11) is 0. The van der Waals surface area contributed by atoms with E-state index < -0.39 is 0 Å². The zero-order chi connectivity index (χ0) is 8.10. The molecule has 1 aromatic rings. The van der Waals surface area contributed by atoms with Gasteiger partial charge in [0.15, 0.2) is 0 Å². The third kappa shape index (κ3) is 3.04. The Balaban J connectivity index is 2.45. The second-order valence-corrected chi connectivity index (χ2v) is 2.65. The molecule has 1 aromatic heterocycles. The first-order chi connectivity index (χ1) is 5.29. The van der Waals surface area contributed by atoms with E-state index in [9.17, 15) is 4.79 Å². The van der Waals surface area contributed by atoms with Crippen LogP contribution < -0.4 is 0 Å². The fourth-order valence-electron chi connectivity index (χ4n) is 0.501. The van der Waals surface area contributed by atoms with Crippen molar-refractivity contribution in [3.63, 3.8) is 0 Å². The topological polar surface area (TPSA) is 39.2 Å². The summed E-state index contributed by atoms with van der Waals surface area (Å²) in [5.41, 5.74) is 0. The predicted molar refractivity (Wildman–Crippen MR) is 41.9 cm³/mol. The molecule has 0 aliphatic heterocycles. The van der Waals surface area contributed by atoms with Gasteiger partial charge in [-0.25, -0.2) is 0 Å². The van der Waals surface area contributed by atoms with E-state index in [2.05, 4.69) is 9.17 Å². The zero-order valence-corrected chi connectivity index (χ0v) is 6.80. The highest BCUT2D eigenvalue weighted by molar-refractivity contribution is 7.95. The molecule has 0 aromatic carbocycles. The van der Waals surface area contributed by atoms with Gasteiger partial charge >= 0.3 is 5.97 Å². The molecular formula is C7H7NO2S. The lowest BCUT2D eigenvalue weighted by atomic mass is 10.5. The number of aromatic nitrogens is 1. The van der Waals surface area contributed by atoms with Crippen molar-refractivity contribution in [2.24, 2.45) is 0 Å². The molecule has 0 N–H and O–H groups in total. The largest absolute Gasteiger partial charge is 0.386 e. The summed E-state index contributed by atoms with van der Waals surface area (Å²) < 4.78 is 4.68. The molecule has 58 valence electrons. The fraction of sp³-hybridized carbons (Fsp3) is 0.143. The van der Waals surface area contributed by atoms with Crippen LogP contribution in [0.4, 0.5) is 0 Å². The van der Waals surface area contributed by atoms with Gasteiger partial charge in [-0.1, -0.05) is 0 Å². The number of pyridine rings is 1. The minimum Gasteiger partial charge on any atom is -0.386 e. The molecule has 0 atom stereocenters. The van der Waals surface area contributed by atoms with Gasteiger partial charge in [0.1, 0.15) is 0 Å². The van der Waals surface area contributed by atoms with Crippen LogP contribution >= 0.6 is 12.0 Å². The van der Waals surface area contributed by atoms with Crippen LogP contribution in [0.5, 0.6) is 0 Å². The second kappa shape index (κ2) is 3.98. The third-order valence-electron chi connectivity index (χ3n) is 0.905. The SMILES string of the molecule is CC(=O)OSc1ccncc1. The molecule has 0 amide bonds. The number of carbonyl (C=O) groups excluding carboxylic acids is 1. The van der Waals surface area contributed by atoms with Crippen molar-refractivity contribution in [1.29, 1.82) is 0 Å². The van der Waals surface area contributed by atoms with Crippen LogP contribution in [-0.4, -0.2) is 11.0 Å². The van der Waals surface area contributed by atoms with Gasteiger partial charge < -0.3 is 4.18 Å². The van der Waals surface area contributed by atoms with Crippen molar-refractivity contribution >= 4 is 18.0 Å². The number of rotatable bonds is 2. The molecule has 0 radical (unpaired) electrons. The van der Waals surface area contributed by atoms with E-state index in [4.69, 9.17) is 0 Å². The van der Waals surface area contributed by atoms with Crippen LogP contribution in [0.15, 0.2) is 29.4 Å². The number of nitrogens with zero attached hydrogens (tertiary/aromatic N) is 1. The molecule has 0 saturated heterocycles. The lowest BCUT2D eigenvalue weighted by Crippen LogP contribution is -1.88. The Hall–Kier alpha value is -1.03. The van der Waals surface area contributed by atoms with Gasteiger partial charge in [-0.05, 0) is 12.1 Å². The Labute approximate surface area is 69.0 Å². The first-order valence-corrected chi connectivity index (χ1v) is 3.78. The molecule has 0 fully saturated rings. The van der Waals surface area contributed by atoms with Gasteiger partial charge in [-0.2, -0.15) is 0 Å². The van der Waals surface area contributed by atoms with E-state index in [1.54, 1.807) is 24.5 Å². The Morgan fingerprint density at radius 1 is 1.55 bits per heavy atom. The Bertz CT molecular complexity index is 237. The van der Waals surface area contributed by atoms with Gasteiger partial charge in [0.2, 0.25) is 0 Å². The van der Waals surface area contributed by atoms with Crippen molar-refractivity contribution in [2.75, 3.05) is 0 Å². The molecule has 4 heteroatoms. The summed E-state index contributed by atoms with van der Waals surface area (Å²) in [6.07, 6.45) is 3.29. The van der Waals surface area contributed by atoms with E-state index in [0.717, 1.165) is 16.9 Å². The molecule has 0 bridgehead atoms. The summed E-state index contributed by atoms with van der Waals surface area (Å²) in [5.74, 6) is -0.299. The van der Waals surface area contributed by atoms with Gasteiger partial charge in [0.25, 0.3) is 0 Å². The first-order valence-electron chi connectivity index (χ1n) is 3.04. The summed E-state index contributed by atoms with van der Waals surface area (Å²) in [6.45, 7) is 1.37. The van der Waals surface area contributed by atoms with Gasteiger partial charge in [0, 0.05) is 19.3 Å². The maximum atomic E-state index is 10.4. The molecule has 1 heterocycles. The average Bonchev–Trinajstić information content (AvgIpc) is 2.03. The molecule has 1 rings (SSSR count). The van der Waals surface area contributed by atoms with Crippen LogP contribution in [0.3, 0.4) is 0 Å². The molecule has 0 unspecified atom stereocenters. The molecule has 0 aliphatic carbocycles. The molecular weight excluding hydrogens is 162 g/mol. The number of carbonyl (C=O) groups is 1. The first kappa shape index (κ1) is 8.07. The van der Waals surface area contributed by atoms with Crippen molar-refractivity contribution < 1.29 is 8.98 Å². The summed E-state index contributed by atoms with van der Waals surface area (Å²) in [4.78, 5) is 15.0. The standard InChI is InChI=1S/C7H7NO2S/c1-6(9)10-11-7-2-4-8-5-3-7/h2-5H,1H3. The molecule has 0 saturated carbocycles. The van der Waals surface area contributed by atoms with Crippen LogP contribution in [0.1, 0.15) is 6.92 Å². The third-order valence-corrected chi connectivity index (χ3v) is 1.69. The van der Waals surface area contributed by atoms with E-state index >= 15 is 0 Å². The fourth-order valence-corrected chi connectivity index (χ4v) is 0.947. The highest BCUT2D eigenvalue weighted by Gasteiger charge is 1.95.